The summed E-state index contributed by atoms with van der Waals surface area (Å²) in [5, 5.41) is 20.7. The van der Waals surface area contributed by atoms with Gasteiger partial charge >= 0.3 is 5.97 Å². The molecule has 0 unspecified atom stereocenters. The van der Waals surface area contributed by atoms with Crippen LogP contribution in [-0.2, 0) is 11.2 Å². The van der Waals surface area contributed by atoms with Gasteiger partial charge in [0, 0.05) is 4.88 Å². The second kappa shape index (κ2) is 3.94. The summed E-state index contributed by atoms with van der Waals surface area (Å²) in [5.41, 5.74) is -0.729. The lowest BCUT2D eigenvalue weighted by Crippen LogP contribution is -2.47. The van der Waals surface area contributed by atoms with Crippen LogP contribution in [0.2, 0.25) is 0 Å². The first-order chi connectivity index (χ1) is 7.09. The van der Waals surface area contributed by atoms with Crippen molar-refractivity contribution >= 4 is 17.3 Å². The van der Waals surface area contributed by atoms with Gasteiger partial charge in [-0.25, -0.2) is 0 Å². The minimum atomic E-state index is -0.782. The predicted octanol–water partition coefficient (Wildman–Crippen LogP) is 1.91. The highest BCUT2D eigenvalue weighted by atomic mass is 32.1. The Morgan fingerprint density at radius 3 is 2.87 bits per heavy atom. The van der Waals surface area contributed by atoms with E-state index in [-0.39, 0.29) is 5.92 Å². The molecule has 82 valence electrons. The van der Waals surface area contributed by atoms with Gasteiger partial charge in [-0.3, -0.25) is 4.79 Å². The van der Waals surface area contributed by atoms with Crippen LogP contribution in [0.1, 0.15) is 24.1 Å². The molecule has 2 N–H and O–H groups in total. The van der Waals surface area contributed by atoms with Gasteiger partial charge in [0.1, 0.15) is 0 Å². The predicted molar refractivity (Wildman–Crippen MR) is 57.9 cm³/mol. The summed E-state index contributed by atoms with van der Waals surface area (Å²) in [6.45, 7) is 0. The number of aliphatic hydroxyl groups is 1. The summed E-state index contributed by atoms with van der Waals surface area (Å²) < 4.78 is 0. The number of aliphatic carboxylic acids is 1. The molecule has 1 aliphatic carbocycles. The fourth-order valence-electron chi connectivity index (χ4n) is 2.05. The molecule has 0 amide bonds. The Kier molecular flexibility index (Phi) is 2.80. The zero-order valence-electron chi connectivity index (χ0n) is 8.35. The summed E-state index contributed by atoms with van der Waals surface area (Å²) in [7, 11) is 0. The van der Waals surface area contributed by atoms with Crippen molar-refractivity contribution in [3.05, 3.63) is 22.4 Å². The summed E-state index contributed by atoms with van der Waals surface area (Å²) in [6.07, 6.45) is 2.35. The van der Waals surface area contributed by atoms with E-state index < -0.39 is 11.6 Å². The molecule has 1 heterocycles. The van der Waals surface area contributed by atoms with Crippen LogP contribution in [-0.4, -0.2) is 21.8 Å². The van der Waals surface area contributed by atoms with Gasteiger partial charge in [-0.05, 0) is 37.1 Å². The quantitative estimate of drug-likeness (QED) is 0.824. The van der Waals surface area contributed by atoms with E-state index >= 15 is 0 Å². The highest BCUT2D eigenvalue weighted by molar-refractivity contribution is 7.09. The number of thiophene rings is 1. The highest BCUT2D eigenvalue weighted by Gasteiger charge is 2.45. The molecular weight excluding hydrogens is 212 g/mol. The van der Waals surface area contributed by atoms with E-state index in [4.69, 9.17) is 5.11 Å². The van der Waals surface area contributed by atoms with Crippen molar-refractivity contribution in [2.24, 2.45) is 5.92 Å². The van der Waals surface area contributed by atoms with E-state index in [0.717, 1.165) is 6.42 Å². The van der Waals surface area contributed by atoms with Crippen LogP contribution >= 0.6 is 11.3 Å². The van der Waals surface area contributed by atoms with Crippen LogP contribution in [0.5, 0.6) is 0 Å². The lowest BCUT2D eigenvalue weighted by molar-refractivity contribution is -0.158. The normalized spacial score (nSPS) is 29.8. The van der Waals surface area contributed by atoms with Gasteiger partial charge in [-0.15, -0.1) is 11.3 Å². The Morgan fingerprint density at radius 2 is 2.33 bits per heavy atom. The first kappa shape index (κ1) is 10.6. The van der Waals surface area contributed by atoms with E-state index in [1.54, 1.807) is 11.3 Å². The maximum absolute atomic E-state index is 10.6. The SMILES string of the molecule is O=C(O)C1CC(O)(CCc2cccs2)C1. The number of carbonyl (C=O) groups is 1. The van der Waals surface area contributed by atoms with Crippen LogP contribution in [0.3, 0.4) is 0 Å². The fourth-order valence-corrected chi connectivity index (χ4v) is 2.76. The van der Waals surface area contributed by atoms with Crippen molar-refractivity contribution in [2.75, 3.05) is 0 Å². The third kappa shape index (κ3) is 2.38. The molecule has 0 saturated heterocycles. The molecule has 0 atom stereocenters. The maximum Gasteiger partial charge on any atom is 0.306 e. The van der Waals surface area contributed by atoms with Crippen molar-refractivity contribution in [3.8, 4) is 0 Å². The van der Waals surface area contributed by atoms with Gasteiger partial charge in [0.05, 0.1) is 11.5 Å². The molecule has 1 aromatic heterocycles. The number of carboxylic acids is 1. The minimum Gasteiger partial charge on any atom is -0.481 e. The van der Waals surface area contributed by atoms with Crippen LogP contribution in [0.25, 0.3) is 0 Å². The molecule has 1 aliphatic rings. The van der Waals surface area contributed by atoms with Crippen molar-refractivity contribution in [3.63, 3.8) is 0 Å². The second-order valence-corrected chi connectivity index (χ2v) is 5.28. The molecule has 1 saturated carbocycles. The van der Waals surface area contributed by atoms with E-state index in [0.29, 0.717) is 19.3 Å². The number of aryl methyl sites for hydroxylation is 1. The molecule has 1 aromatic rings. The molecule has 0 radical (unpaired) electrons. The van der Waals surface area contributed by atoms with Gasteiger partial charge in [0.2, 0.25) is 0 Å². The fraction of sp³-hybridized carbons (Fsp3) is 0.545. The lowest BCUT2D eigenvalue weighted by atomic mass is 9.69. The van der Waals surface area contributed by atoms with Crippen LogP contribution < -0.4 is 0 Å². The van der Waals surface area contributed by atoms with E-state index in [1.165, 1.54) is 4.88 Å². The topological polar surface area (TPSA) is 57.5 Å². The zero-order valence-corrected chi connectivity index (χ0v) is 9.17. The molecule has 0 spiro atoms. The summed E-state index contributed by atoms with van der Waals surface area (Å²) in [5.74, 6) is -1.12. The number of rotatable bonds is 4. The van der Waals surface area contributed by atoms with Crippen LogP contribution in [0.15, 0.2) is 17.5 Å². The molecule has 0 aromatic carbocycles. The molecule has 0 aliphatic heterocycles. The van der Waals surface area contributed by atoms with E-state index in [9.17, 15) is 9.90 Å². The Bertz CT molecular complexity index is 339. The van der Waals surface area contributed by atoms with Crippen molar-refractivity contribution in [1.82, 2.24) is 0 Å². The third-order valence-corrected chi connectivity index (χ3v) is 3.95. The summed E-state index contributed by atoms with van der Waals surface area (Å²) >= 11 is 1.68. The number of hydrogen-bond donors (Lipinski definition) is 2. The molecule has 2 rings (SSSR count). The average molecular weight is 226 g/mol. The Balaban J connectivity index is 1.79. The van der Waals surface area contributed by atoms with Gasteiger partial charge in [0.15, 0.2) is 0 Å². The molecule has 3 nitrogen and oxygen atoms in total. The standard InChI is InChI=1S/C11H14O3S/c12-10(13)8-6-11(14,7-8)4-3-9-2-1-5-15-9/h1-2,5,8,14H,3-4,6-7H2,(H,12,13). The zero-order chi connectivity index (χ0) is 10.9. The van der Waals surface area contributed by atoms with Crippen LogP contribution in [0.4, 0.5) is 0 Å². The summed E-state index contributed by atoms with van der Waals surface area (Å²) in [6, 6.07) is 4.03. The molecular formula is C11H14O3S. The molecule has 1 fully saturated rings. The average Bonchev–Trinajstić information content (AvgIpc) is 2.62. The minimum absolute atomic E-state index is 0.335. The van der Waals surface area contributed by atoms with Gasteiger partial charge < -0.3 is 10.2 Å². The van der Waals surface area contributed by atoms with E-state index in [2.05, 4.69) is 0 Å². The molecule has 4 heteroatoms. The van der Waals surface area contributed by atoms with Crippen molar-refractivity contribution in [1.29, 1.82) is 0 Å². The van der Waals surface area contributed by atoms with Crippen LogP contribution in [0, 0.1) is 5.92 Å². The lowest BCUT2D eigenvalue weighted by Gasteiger charge is -2.41. The smallest absolute Gasteiger partial charge is 0.306 e. The second-order valence-electron chi connectivity index (χ2n) is 4.25. The van der Waals surface area contributed by atoms with Gasteiger partial charge in [-0.2, -0.15) is 0 Å². The Morgan fingerprint density at radius 1 is 1.60 bits per heavy atom. The van der Waals surface area contributed by atoms with Gasteiger partial charge in [-0.1, -0.05) is 6.07 Å². The van der Waals surface area contributed by atoms with Gasteiger partial charge in [0.25, 0.3) is 0 Å². The third-order valence-electron chi connectivity index (χ3n) is 3.02. The largest absolute Gasteiger partial charge is 0.481 e. The molecule has 15 heavy (non-hydrogen) atoms. The molecule has 0 bridgehead atoms. The maximum atomic E-state index is 10.6. The number of hydrogen-bond acceptors (Lipinski definition) is 3. The van der Waals surface area contributed by atoms with Crippen molar-refractivity contribution in [2.45, 2.75) is 31.3 Å². The first-order valence-corrected chi connectivity index (χ1v) is 5.95. The highest BCUT2D eigenvalue weighted by Crippen LogP contribution is 2.41. The van der Waals surface area contributed by atoms with Crippen molar-refractivity contribution < 1.29 is 15.0 Å². The first-order valence-electron chi connectivity index (χ1n) is 5.07. The number of carboxylic acid groups (broad SMARTS) is 1. The Hall–Kier alpha value is -0.870. The summed E-state index contributed by atoms with van der Waals surface area (Å²) in [4.78, 5) is 11.8. The van der Waals surface area contributed by atoms with E-state index in [1.807, 2.05) is 17.5 Å². The monoisotopic (exact) mass is 226 g/mol. The Labute approximate surface area is 92.4 Å².